The lowest BCUT2D eigenvalue weighted by Gasteiger charge is -2.23. The van der Waals surface area contributed by atoms with Crippen molar-refractivity contribution in [1.29, 1.82) is 0 Å². The Balaban J connectivity index is 2.36. The van der Waals surface area contributed by atoms with Crippen molar-refractivity contribution in [1.82, 2.24) is 5.32 Å². The molecule has 0 radical (unpaired) electrons. The highest BCUT2D eigenvalue weighted by Gasteiger charge is 2.37. The predicted molar refractivity (Wildman–Crippen MR) is 90.5 cm³/mol. The number of alkyl halides is 6. The number of aliphatic hydroxyl groups is 1. The lowest BCUT2D eigenvalue weighted by molar-refractivity contribution is -0.143. The van der Waals surface area contributed by atoms with E-state index in [2.05, 4.69) is 5.32 Å². The molecule has 0 saturated heterocycles. The van der Waals surface area contributed by atoms with Gasteiger partial charge >= 0.3 is 12.4 Å². The smallest absolute Gasteiger partial charge is 0.380 e. The Kier molecular flexibility index (Phi) is 6.91. The molecule has 2 aromatic carbocycles. The van der Waals surface area contributed by atoms with Crippen LogP contribution in [0.15, 0.2) is 48.5 Å². The zero-order valence-corrected chi connectivity index (χ0v) is 15.0. The van der Waals surface area contributed by atoms with Crippen LogP contribution in [0.5, 0.6) is 0 Å². The van der Waals surface area contributed by atoms with E-state index >= 15 is 0 Å². The molecule has 2 rings (SSSR count). The number of halogens is 6. The number of rotatable bonds is 6. The lowest BCUT2D eigenvalue weighted by Crippen LogP contribution is -2.37. The molecular weight excluding hydrogens is 404 g/mol. The van der Waals surface area contributed by atoms with Crippen LogP contribution in [-0.2, 0) is 28.5 Å². The molecule has 1 amide bonds. The summed E-state index contributed by atoms with van der Waals surface area (Å²) in [5.74, 6) is -0.820. The van der Waals surface area contributed by atoms with Crippen LogP contribution in [-0.4, -0.2) is 24.2 Å². The van der Waals surface area contributed by atoms with Crippen molar-refractivity contribution < 1.29 is 41.0 Å². The predicted octanol–water partition coefficient (Wildman–Crippen LogP) is 4.09. The maximum Gasteiger partial charge on any atom is 0.416 e. The first kappa shape index (κ1) is 22.7. The molecule has 0 aliphatic carbocycles. The van der Waals surface area contributed by atoms with Gasteiger partial charge in [-0.1, -0.05) is 30.3 Å². The van der Waals surface area contributed by atoms with Crippen molar-refractivity contribution in [2.75, 3.05) is 7.05 Å². The summed E-state index contributed by atoms with van der Waals surface area (Å²) in [6.45, 7) is -0.694. The second kappa shape index (κ2) is 8.83. The number of carbonyl (C=O) groups excluding carboxylic acids is 1. The maximum absolute atomic E-state index is 13.0. The van der Waals surface area contributed by atoms with Gasteiger partial charge in [0.2, 0.25) is 0 Å². The average Bonchev–Trinajstić information content (AvgIpc) is 2.66. The number of aliphatic hydroxyl groups excluding tert-OH is 1. The molecule has 10 heteroatoms. The van der Waals surface area contributed by atoms with Crippen molar-refractivity contribution in [2.24, 2.45) is 0 Å². The first-order chi connectivity index (χ1) is 13.4. The molecule has 0 aliphatic rings. The normalized spacial score (nSPS) is 14.3. The van der Waals surface area contributed by atoms with E-state index in [1.807, 2.05) is 0 Å². The summed E-state index contributed by atoms with van der Waals surface area (Å²) < 4.78 is 83.3. The molecule has 2 N–H and O–H groups in total. The van der Waals surface area contributed by atoms with Crippen molar-refractivity contribution in [2.45, 2.75) is 31.2 Å². The summed E-state index contributed by atoms with van der Waals surface area (Å²) in [5.41, 5.74) is -3.04. The Labute approximate surface area is 162 Å². The van der Waals surface area contributed by atoms with Crippen LogP contribution in [0.25, 0.3) is 0 Å². The molecule has 0 aliphatic heterocycles. The minimum absolute atomic E-state index is 0.0115. The van der Waals surface area contributed by atoms with E-state index in [1.165, 1.54) is 19.2 Å². The topological polar surface area (TPSA) is 58.6 Å². The third-order valence-electron chi connectivity index (χ3n) is 4.01. The number of likely N-dealkylation sites (N-methyl/N-ethyl adjacent to an activating group) is 1. The average molecular weight is 421 g/mol. The van der Waals surface area contributed by atoms with Crippen LogP contribution < -0.4 is 5.32 Å². The zero-order valence-electron chi connectivity index (χ0n) is 15.0. The molecule has 0 heterocycles. The van der Waals surface area contributed by atoms with Crippen LogP contribution in [0, 0.1) is 0 Å². The van der Waals surface area contributed by atoms with Gasteiger partial charge in [-0.15, -0.1) is 0 Å². The zero-order chi connectivity index (χ0) is 21.8. The van der Waals surface area contributed by atoms with Crippen molar-refractivity contribution in [3.63, 3.8) is 0 Å². The van der Waals surface area contributed by atoms with E-state index in [1.54, 1.807) is 18.2 Å². The molecule has 0 spiro atoms. The third-order valence-corrected chi connectivity index (χ3v) is 4.01. The van der Waals surface area contributed by atoms with Crippen molar-refractivity contribution >= 4 is 5.91 Å². The Morgan fingerprint density at radius 3 is 1.97 bits per heavy atom. The number of hydrogen-bond acceptors (Lipinski definition) is 3. The standard InChI is InChI=1S/C19H17F6NO3/c1-26-17(28)15(27)16(12-5-3-2-4-6-12)29-10-11-7-13(18(20,21)22)9-14(8-11)19(23,24)25/h2-9,15-16,27H,10H2,1H3,(H,26,28). The molecule has 2 atom stereocenters. The highest BCUT2D eigenvalue weighted by atomic mass is 19.4. The molecule has 4 nitrogen and oxygen atoms in total. The molecule has 2 unspecified atom stereocenters. The van der Waals surface area contributed by atoms with Crippen LogP contribution >= 0.6 is 0 Å². The first-order valence-corrected chi connectivity index (χ1v) is 8.28. The molecule has 0 aromatic heterocycles. The first-order valence-electron chi connectivity index (χ1n) is 8.28. The van der Waals surface area contributed by atoms with Gasteiger partial charge in [0.25, 0.3) is 5.91 Å². The Bertz CT molecular complexity index is 804. The number of hydrogen-bond donors (Lipinski definition) is 2. The quantitative estimate of drug-likeness (QED) is 0.691. The SMILES string of the molecule is CNC(=O)C(O)C(OCc1cc(C(F)(F)F)cc(C(F)(F)F)c1)c1ccccc1. The second-order valence-corrected chi connectivity index (χ2v) is 6.12. The summed E-state index contributed by atoms with van der Waals surface area (Å²) in [7, 11) is 1.26. The van der Waals surface area contributed by atoms with Gasteiger partial charge in [-0.05, 0) is 29.3 Å². The Morgan fingerprint density at radius 1 is 1.00 bits per heavy atom. The van der Waals surface area contributed by atoms with Crippen LogP contribution in [0.2, 0.25) is 0 Å². The lowest BCUT2D eigenvalue weighted by atomic mass is 10.0. The van der Waals surface area contributed by atoms with E-state index in [9.17, 15) is 36.2 Å². The fraction of sp³-hybridized carbons (Fsp3) is 0.316. The Morgan fingerprint density at radius 2 is 1.52 bits per heavy atom. The molecule has 158 valence electrons. The van der Waals surface area contributed by atoms with Gasteiger partial charge in [-0.25, -0.2) is 0 Å². The van der Waals surface area contributed by atoms with Gasteiger partial charge in [0.05, 0.1) is 17.7 Å². The molecule has 29 heavy (non-hydrogen) atoms. The van der Waals surface area contributed by atoms with Gasteiger partial charge in [0.1, 0.15) is 6.10 Å². The Hall–Kier alpha value is -2.59. The summed E-state index contributed by atoms with van der Waals surface area (Å²) >= 11 is 0. The minimum Gasteiger partial charge on any atom is -0.380 e. The van der Waals surface area contributed by atoms with Gasteiger partial charge in [0, 0.05) is 7.05 Å². The second-order valence-electron chi connectivity index (χ2n) is 6.12. The number of carbonyl (C=O) groups is 1. The van der Waals surface area contributed by atoms with E-state index in [4.69, 9.17) is 4.74 Å². The fourth-order valence-electron chi connectivity index (χ4n) is 2.59. The summed E-state index contributed by atoms with van der Waals surface area (Å²) in [5, 5.41) is 12.4. The van der Waals surface area contributed by atoms with E-state index in [0.717, 1.165) is 0 Å². The van der Waals surface area contributed by atoms with Crippen LogP contribution in [0.3, 0.4) is 0 Å². The largest absolute Gasteiger partial charge is 0.416 e. The highest BCUT2D eigenvalue weighted by Crippen LogP contribution is 2.37. The van der Waals surface area contributed by atoms with Crippen molar-refractivity contribution in [3.05, 3.63) is 70.8 Å². The van der Waals surface area contributed by atoms with Gasteiger partial charge in [0.15, 0.2) is 6.10 Å². The maximum atomic E-state index is 13.0. The molecule has 0 fully saturated rings. The van der Waals surface area contributed by atoms with E-state index in [0.29, 0.717) is 17.7 Å². The summed E-state index contributed by atoms with van der Waals surface area (Å²) in [6, 6.07) is 8.89. The van der Waals surface area contributed by atoms with E-state index < -0.39 is 53.8 Å². The minimum atomic E-state index is -4.99. The molecule has 2 aromatic rings. The van der Waals surface area contributed by atoms with Crippen molar-refractivity contribution in [3.8, 4) is 0 Å². The monoisotopic (exact) mass is 421 g/mol. The van der Waals surface area contributed by atoms with Crippen LogP contribution in [0.4, 0.5) is 26.3 Å². The van der Waals surface area contributed by atoms with E-state index in [-0.39, 0.29) is 6.07 Å². The fourth-order valence-corrected chi connectivity index (χ4v) is 2.59. The summed E-state index contributed by atoms with van der Waals surface area (Å²) in [6.07, 6.45) is -13.0. The highest BCUT2D eigenvalue weighted by molar-refractivity contribution is 5.81. The van der Waals surface area contributed by atoms with Gasteiger partial charge < -0.3 is 15.2 Å². The number of nitrogens with one attached hydrogen (secondary N) is 1. The number of amides is 1. The van der Waals surface area contributed by atoms with Gasteiger partial charge in [-0.3, -0.25) is 4.79 Å². The molecular formula is C19H17F6NO3. The molecule has 0 bridgehead atoms. The number of benzene rings is 2. The molecule has 0 saturated carbocycles. The number of ether oxygens (including phenoxy) is 1. The third kappa shape index (κ3) is 5.94. The summed E-state index contributed by atoms with van der Waals surface area (Å²) in [4.78, 5) is 11.8. The van der Waals surface area contributed by atoms with Gasteiger partial charge in [-0.2, -0.15) is 26.3 Å². The van der Waals surface area contributed by atoms with Crippen LogP contribution in [0.1, 0.15) is 28.4 Å².